The molecule has 0 spiro atoms. The number of hydrogen-bond acceptors (Lipinski definition) is 4. The summed E-state index contributed by atoms with van der Waals surface area (Å²) in [4.78, 5) is 17.9. The maximum Gasteiger partial charge on any atom is 0.307 e. The minimum absolute atomic E-state index is 0.122. The molecule has 1 aromatic heterocycles. The highest BCUT2D eigenvalue weighted by atomic mass is 19.2. The molecule has 33 heavy (non-hydrogen) atoms. The average Bonchev–Trinajstić information content (AvgIpc) is 2.65. The Labute approximate surface area is 195 Å². The van der Waals surface area contributed by atoms with Crippen molar-refractivity contribution < 1.29 is 23.8 Å². The van der Waals surface area contributed by atoms with Crippen LogP contribution in [0.15, 0.2) is 18.3 Å². The van der Waals surface area contributed by atoms with Crippen LogP contribution in [0.2, 0.25) is 0 Å². The topological polar surface area (TPSA) is 73.7 Å². The van der Waals surface area contributed by atoms with Crippen molar-refractivity contribution in [3.8, 4) is 11.1 Å². The molecule has 0 amide bonds. The molecule has 0 saturated carbocycles. The number of aliphatic carboxylic acids is 1. The second kappa shape index (κ2) is 10.2. The summed E-state index contributed by atoms with van der Waals surface area (Å²) >= 11 is 0. The zero-order chi connectivity index (χ0) is 25.1. The van der Waals surface area contributed by atoms with Gasteiger partial charge in [-0.1, -0.05) is 13.8 Å². The zero-order valence-corrected chi connectivity index (χ0v) is 20.7. The van der Waals surface area contributed by atoms with Gasteiger partial charge in [-0.15, -0.1) is 0 Å². The van der Waals surface area contributed by atoms with E-state index in [4.69, 9.17) is 5.11 Å². The molecular formula is C26H36F2N2O3. The van der Waals surface area contributed by atoms with E-state index in [1.807, 2.05) is 0 Å². The Kier molecular flexibility index (Phi) is 8.22. The molecule has 7 heteroatoms. The lowest BCUT2D eigenvalue weighted by atomic mass is 9.82. The molecule has 0 unspecified atom stereocenters. The second-order valence-electron chi connectivity index (χ2n) is 10.6. The van der Waals surface area contributed by atoms with Crippen molar-refractivity contribution in [2.45, 2.75) is 73.3 Å². The van der Waals surface area contributed by atoms with Crippen molar-refractivity contribution in [3.63, 3.8) is 0 Å². The fourth-order valence-electron chi connectivity index (χ4n) is 3.81. The number of pyridine rings is 1. The van der Waals surface area contributed by atoms with E-state index in [2.05, 4.69) is 23.7 Å². The number of aliphatic hydroxyl groups is 1. The number of aryl methyl sites for hydroxylation is 2. The Balaban J connectivity index is 0.000000696. The minimum atomic E-state index is -0.975. The van der Waals surface area contributed by atoms with Crippen LogP contribution < -0.4 is 4.90 Å². The normalized spacial score (nSPS) is 15.6. The van der Waals surface area contributed by atoms with Gasteiger partial charge in [0.1, 0.15) is 0 Å². The molecule has 1 fully saturated rings. The molecule has 2 N–H and O–H groups in total. The molecule has 182 valence electrons. The predicted molar refractivity (Wildman–Crippen MR) is 128 cm³/mol. The smallest absolute Gasteiger partial charge is 0.307 e. The number of rotatable bonds is 4. The summed E-state index contributed by atoms with van der Waals surface area (Å²) in [6.45, 7) is 14.6. The third-order valence-electron chi connectivity index (χ3n) is 5.59. The Morgan fingerprint density at radius 2 is 1.67 bits per heavy atom. The number of anilines is 1. The summed E-state index contributed by atoms with van der Waals surface area (Å²) in [5, 5.41) is 17.9. The number of hydrogen-bond donors (Lipinski definition) is 2. The Bertz CT molecular complexity index is 998. The molecule has 1 saturated heterocycles. The third kappa shape index (κ3) is 7.49. The van der Waals surface area contributed by atoms with Crippen LogP contribution in [-0.4, -0.2) is 39.9 Å². The lowest BCUT2D eigenvalue weighted by Gasteiger charge is -2.40. The molecular weight excluding hydrogens is 426 g/mol. The number of piperidine rings is 1. The summed E-state index contributed by atoms with van der Waals surface area (Å²) in [7, 11) is 0. The number of carbonyl (C=O) groups is 1. The largest absolute Gasteiger partial charge is 0.481 e. The average molecular weight is 463 g/mol. The fourth-order valence-corrected chi connectivity index (χ4v) is 3.81. The summed E-state index contributed by atoms with van der Waals surface area (Å²) in [5.41, 5.74) is 2.69. The molecule has 5 nitrogen and oxygen atoms in total. The first-order valence-electron chi connectivity index (χ1n) is 11.2. The lowest BCUT2D eigenvalue weighted by Crippen LogP contribution is -2.38. The van der Waals surface area contributed by atoms with Crippen LogP contribution >= 0.6 is 0 Å². The van der Waals surface area contributed by atoms with Gasteiger partial charge in [0.15, 0.2) is 11.6 Å². The van der Waals surface area contributed by atoms with E-state index in [-0.39, 0.29) is 17.4 Å². The van der Waals surface area contributed by atoms with Crippen LogP contribution in [0.25, 0.3) is 11.1 Å². The highest BCUT2D eigenvalue weighted by Gasteiger charge is 2.30. The van der Waals surface area contributed by atoms with E-state index >= 15 is 0 Å². The highest BCUT2D eigenvalue weighted by Crippen LogP contribution is 2.41. The molecule has 1 aliphatic rings. The maximum atomic E-state index is 14.7. The van der Waals surface area contributed by atoms with Gasteiger partial charge in [-0.25, -0.2) is 8.78 Å². The van der Waals surface area contributed by atoms with Crippen LogP contribution in [0.5, 0.6) is 0 Å². The summed E-state index contributed by atoms with van der Waals surface area (Å²) in [6.07, 6.45) is 3.20. The fraction of sp³-hybridized carbons (Fsp3) is 0.538. The standard InChI is InChI=1S/C22H26F2N2O2.C4H10O/c1-13-9-16(20(24)18(23)10-13)17-12-25-14(2)15(11-19(27)28)21(17)26-7-5-22(3,4)6-8-26;1-4(2,3)5/h9-10,12H,5-8,11H2,1-4H3,(H,27,28);5H,1-3H3. The number of carboxylic acids is 1. The van der Waals surface area contributed by atoms with Crippen LogP contribution in [0.1, 0.15) is 64.3 Å². The Hall–Kier alpha value is -2.54. The van der Waals surface area contributed by atoms with Crippen LogP contribution in [0.3, 0.4) is 0 Å². The molecule has 0 atom stereocenters. The zero-order valence-electron chi connectivity index (χ0n) is 20.7. The lowest BCUT2D eigenvalue weighted by molar-refractivity contribution is -0.136. The van der Waals surface area contributed by atoms with Gasteiger partial charge in [0.05, 0.1) is 17.7 Å². The monoisotopic (exact) mass is 462 g/mol. The molecule has 1 aliphatic heterocycles. The van der Waals surface area contributed by atoms with E-state index in [9.17, 15) is 18.7 Å². The van der Waals surface area contributed by atoms with Crippen molar-refractivity contribution >= 4 is 11.7 Å². The maximum absolute atomic E-state index is 14.7. The van der Waals surface area contributed by atoms with Gasteiger partial charge in [0, 0.05) is 41.7 Å². The Morgan fingerprint density at radius 3 is 2.18 bits per heavy atom. The number of nitrogens with zero attached hydrogens (tertiary/aromatic N) is 2. The van der Waals surface area contributed by atoms with Crippen molar-refractivity contribution in [2.24, 2.45) is 5.41 Å². The quantitative estimate of drug-likeness (QED) is 0.612. The van der Waals surface area contributed by atoms with Crippen LogP contribution in [0.4, 0.5) is 14.5 Å². The minimum Gasteiger partial charge on any atom is -0.481 e. The van der Waals surface area contributed by atoms with E-state index in [0.29, 0.717) is 28.1 Å². The van der Waals surface area contributed by atoms with Crippen molar-refractivity contribution in [2.75, 3.05) is 18.0 Å². The van der Waals surface area contributed by atoms with Gasteiger partial charge in [0.2, 0.25) is 0 Å². The van der Waals surface area contributed by atoms with E-state index in [1.54, 1.807) is 40.7 Å². The van der Waals surface area contributed by atoms with Crippen LogP contribution in [-0.2, 0) is 11.2 Å². The van der Waals surface area contributed by atoms with Gasteiger partial charge >= 0.3 is 5.97 Å². The second-order valence-corrected chi connectivity index (χ2v) is 10.6. The molecule has 0 aliphatic carbocycles. The van der Waals surface area contributed by atoms with Crippen LogP contribution in [0, 0.1) is 30.9 Å². The third-order valence-corrected chi connectivity index (χ3v) is 5.59. The van der Waals surface area contributed by atoms with Gasteiger partial charge in [-0.3, -0.25) is 9.78 Å². The van der Waals surface area contributed by atoms with Crippen molar-refractivity contribution in [3.05, 3.63) is 46.8 Å². The van der Waals surface area contributed by atoms with E-state index < -0.39 is 23.2 Å². The first kappa shape index (κ1) is 26.7. The summed E-state index contributed by atoms with van der Waals surface area (Å²) < 4.78 is 28.8. The predicted octanol–water partition coefficient (Wildman–Crippen LogP) is 5.67. The molecule has 2 heterocycles. The highest BCUT2D eigenvalue weighted by molar-refractivity contribution is 5.85. The van der Waals surface area contributed by atoms with E-state index in [0.717, 1.165) is 32.0 Å². The molecule has 0 bridgehead atoms. The summed E-state index contributed by atoms with van der Waals surface area (Å²) in [5.74, 6) is -2.83. The Morgan fingerprint density at radius 1 is 1.12 bits per heavy atom. The summed E-state index contributed by atoms with van der Waals surface area (Å²) in [6, 6.07) is 2.74. The molecule has 1 aromatic carbocycles. The van der Waals surface area contributed by atoms with Gasteiger partial charge < -0.3 is 15.1 Å². The van der Waals surface area contributed by atoms with Crippen molar-refractivity contribution in [1.82, 2.24) is 4.98 Å². The van der Waals surface area contributed by atoms with Gasteiger partial charge in [-0.2, -0.15) is 0 Å². The number of aromatic nitrogens is 1. The van der Waals surface area contributed by atoms with Gasteiger partial charge in [-0.05, 0) is 70.6 Å². The van der Waals surface area contributed by atoms with Crippen molar-refractivity contribution in [1.29, 1.82) is 0 Å². The SMILES string of the molecule is CC(C)(C)O.Cc1cc(F)c(F)c(-c2cnc(C)c(CC(=O)O)c2N2CCC(C)(C)CC2)c1. The molecule has 3 rings (SSSR count). The first-order chi connectivity index (χ1) is 15.1. The molecule has 2 aromatic rings. The van der Waals surface area contributed by atoms with E-state index in [1.165, 1.54) is 6.20 Å². The number of halogens is 2. The molecule has 0 radical (unpaired) electrons. The van der Waals surface area contributed by atoms with Gasteiger partial charge in [0.25, 0.3) is 0 Å². The first-order valence-corrected chi connectivity index (χ1v) is 11.2. The number of benzene rings is 1. The number of carboxylic acid groups (broad SMARTS) is 1.